The zero-order valence-electron chi connectivity index (χ0n) is 18.2. The number of hydrogen-bond acceptors (Lipinski definition) is 5. The van der Waals surface area contributed by atoms with Crippen LogP contribution in [-0.4, -0.2) is 23.3 Å². The lowest BCUT2D eigenvalue weighted by molar-refractivity contribution is 0.262. The van der Waals surface area contributed by atoms with Gasteiger partial charge in [0.2, 0.25) is 11.8 Å². The lowest BCUT2D eigenvalue weighted by Crippen LogP contribution is -2.19. The third-order valence-electron chi connectivity index (χ3n) is 4.94. The van der Waals surface area contributed by atoms with Crippen molar-refractivity contribution in [2.75, 3.05) is 17.7 Å². The van der Waals surface area contributed by atoms with Crippen LogP contribution in [-0.2, 0) is 6.42 Å². The van der Waals surface area contributed by atoms with Crippen molar-refractivity contribution in [2.24, 2.45) is 0 Å². The standard InChI is InChI=1S/C25H24N4O3/c1-16-4-7-18(8-5-16)15-23-28-29-24(32-23)19-9-11-20(12-10-19)26-25(30)27-21-14-17(2)6-13-22(21)31-3/h4-14H,15H2,1-3H3,(H2,26,27,30). The molecule has 0 aliphatic heterocycles. The van der Waals surface area contributed by atoms with E-state index in [-0.39, 0.29) is 6.03 Å². The molecule has 1 heterocycles. The van der Waals surface area contributed by atoms with Gasteiger partial charge in [-0.1, -0.05) is 35.9 Å². The highest BCUT2D eigenvalue weighted by Gasteiger charge is 2.11. The first-order valence-electron chi connectivity index (χ1n) is 10.2. The summed E-state index contributed by atoms with van der Waals surface area (Å²) in [6.45, 7) is 4.00. The first-order chi connectivity index (χ1) is 15.5. The van der Waals surface area contributed by atoms with E-state index < -0.39 is 0 Å². The summed E-state index contributed by atoms with van der Waals surface area (Å²) in [4.78, 5) is 12.4. The molecule has 0 saturated heterocycles. The molecule has 0 unspecified atom stereocenters. The van der Waals surface area contributed by atoms with Crippen LogP contribution in [0.15, 0.2) is 71.1 Å². The molecule has 2 amide bonds. The van der Waals surface area contributed by atoms with Crippen LogP contribution in [0.1, 0.15) is 22.6 Å². The quantitative estimate of drug-likeness (QED) is 0.417. The number of aryl methyl sites for hydroxylation is 2. The SMILES string of the molecule is COc1ccc(C)cc1NC(=O)Nc1ccc(-c2nnc(Cc3ccc(C)cc3)o2)cc1. The number of rotatable bonds is 6. The number of methoxy groups -OCH3 is 1. The summed E-state index contributed by atoms with van der Waals surface area (Å²) < 4.78 is 11.1. The van der Waals surface area contributed by atoms with E-state index in [0.717, 1.165) is 16.7 Å². The van der Waals surface area contributed by atoms with Gasteiger partial charge in [-0.3, -0.25) is 0 Å². The number of aromatic nitrogens is 2. The van der Waals surface area contributed by atoms with Crippen molar-refractivity contribution in [2.45, 2.75) is 20.3 Å². The highest BCUT2D eigenvalue weighted by Crippen LogP contribution is 2.26. The number of nitrogens with zero attached hydrogens (tertiary/aromatic N) is 2. The average molecular weight is 428 g/mol. The Balaban J connectivity index is 1.39. The molecule has 1 aromatic heterocycles. The first-order valence-corrected chi connectivity index (χ1v) is 10.2. The molecule has 0 bridgehead atoms. The second-order valence-electron chi connectivity index (χ2n) is 7.52. The summed E-state index contributed by atoms with van der Waals surface area (Å²) in [5.41, 5.74) is 5.36. The van der Waals surface area contributed by atoms with Gasteiger partial charge in [0, 0.05) is 11.3 Å². The molecule has 0 spiro atoms. The van der Waals surface area contributed by atoms with Crippen LogP contribution < -0.4 is 15.4 Å². The molecule has 0 saturated carbocycles. The van der Waals surface area contributed by atoms with Gasteiger partial charge in [-0.2, -0.15) is 0 Å². The third kappa shape index (κ3) is 5.13. The van der Waals surface area contributed by atoms with Crippen LogP contribution in [0.2, 0.25) is 0 Å². The minimum atomic E-state index is -0.361. The Labute approximate surface area is 186 Å². The van der Waals surface area contributed by atoms with Crippen molar-refractivity contribution in [1.82, 2.24) is 10.2 Å². The van der Waals surface area contributed by atoms with E-state index in [9.17, 15) is 4.79 Å². The van der Waals surface area contributed by atoms with E-state index in [4.69, 9.17) is 9.15 Å². The van der Waals surface area contributed by atoms with E-state index in [0.29, 0.717) is 35.3 Å². The molecule has 7 nitrogen and oxygen atoms in total. The number of hydrogen-bond donors (Lipinski definition) is 2. The number of amides is 2. The monoisotopic (exact) mass is 428 g/mol. The Morgan fingerprint density at radius 2 is 1.62 bits per heavy atom. The van der Waals surface area contributed by atoms with Crippen LogP contribution >= 0.6 is 0 Å². The van der Waals surface area contributed by atoms with Crippen molar-refractivity contribution in [3.63, 3.8) is 0 Å². The summed E-state index contributed by atoms with van der Waals surface area (Å²) in [6.07, 6.45) is 0.579. The number of benzene rings is 3. The number of urea groups is 1. The zero-order valence-corrected chi connectivity index (χ0v) is 18.2. The zero-order chi connectivity index (χ0) is 22.5. The highest BCUT2D eigenvalue weighted by atomic mass is 16.5. The molecule has 7 heteroatoms. The van der Waals surface area contributed by atoms with Crippen LogP contribution in [0.3, 0.4) is 0 Å². The molecule has 4 aromatic rings. The predicted molar refractivity (Wildman–Crippen MR) is 124 cm³/mol. The van der Waals surface area contributed by atoms with Crippen LogP contribution in [0.5, 0.6) is 5.75 Å². The molecule has 3 aromatic carbocycles. The lowest BCUT2D eigenvalue weighted by atomic mass is 10.1. The number of ether oxygens (including phenoxy) is 1. The molecule has 162 valence electrons. The Morgan fingerprint density at radius 3 is 2.34 bits per heavy atom. The van der Waals surface area contributed by atoms with Gasteiger partial charge in [0.05, 0.1) is 19.2 Å². The fourth-order valence-corrected chi connectivity index (χ4v) is 3.22. The maximum absolute atomic E-state index is 12.4. The fourth-order valence-electron chi connectivity index (χ4n) is 3.22. The Bertz CT molecular complexity index is 1210. The predicted octanol–water partition coefficient (Wildman–Crippen LogP) is 5.60. The second kappa shape index (κ2) is 9.34. The summed E-state index contributed by atoms with van der Waals surface area (Å²) in [6, 6.07) is 20.7. The van der Waals surface area contributed by atoms with Gasteiger partial charge in [0.25, 0.3) is 0 Å². The second-order valence-corrected chi connectivity index (χ2v) is 7.52. The van der Waals surface area contributed by atoms with E-state index in [2.05, 4.69) is 52.0 Å². The molecule has 32 heavy (non-hydrogen) atoms. The maximum Gasteiger partial charge on any atom is 0.323 e. The maximum atomic E-state index is 12.4. The number of nitrogens with one attached hydrogen (secondary N) is 2. The number of carbonyl (C=O) groups is 1. The summed E-state index contributed by atoms with van der Waals surface area (Å²) in [5.74, 6) is 1.59. The number of carbonyl (C=O) groups excluding carboxylic acids is 1. The largest absolute Gasteiger partial charge is 0.495 e. The molecule has 4 rings (SSSR count). The summed E-state index contributed by atoms with van der Waals surface area (Å²) in [5, 5.41) is 13.9. The van der Waals surface area contributed by atoms with Gasteiger partial charge >= 0.3 is 6.03 Å². The Kier molecular flexibility index (Phi) is 6.17. The highest BCUT2D eigenvalue weighted by molar-refractivity contribution is 6.00. The van der Waals surface area contributed by atoms with Crippen molar-refractivity contribution >= 4 is 17.4 Å². The van der Waals surface area contributed by atoms with Gasteiger partial charge in [-0.15, -0.1) is 10.2 Å². The van der Waals surface area contributed by atoms with E-state index in [1.807, 2.05) is 37.3 Å². The molecule has 0 radical (unpaired) electrons. The van der Waals surface area contributed by atoms with Crippen molar-refractivity contribution < 1.29 is 13.9 Å². The van der Waals surface area contributed by atoms with Gasteiger partial charge in [-0.25, -0.2) is 4.79 Å². The molecule has 0 atom stereocenters. The van der Waals surface area contributed by atoms with Gasteiger partial charge in [-0.05, 0) is 61.4 Å². The van der Waals surface area contributed by atoms with E-state index in [1.165, 1.54) is 5.56 Å². The van der Waals surface area contributed by atoms with Gasteiger partial charge < -0.3 is 19.8 Å². The summed E-state index contributed by atoms with van der Waals surface area (Å²) in [7, 11) is 1.57. The molecule has 0 fully saturated rings. The van der Waals surface area contributed by atoms with E-state index >= 15 is 0 Å². The Hall–Kier alpha value is -4.13. The minimum Gasteiger partial charge on any atom is -0.495 e. The van der Waals surface area contributed by atoms with Crippen molar-refractivity contribution in [1.29, 1.82) is 0 Å². The normalized spacial score (nSPS) is 10.6. The smallest absolute Gasteiger partial charge is 0.323 e. The van der Waals surface area contributed by atoms with Crippen LogP contribution in [0.25, 0.3) is 11.5 Å². The first kappa shape index (κ1) is 21.1. The van der Waals surface area contributed by atoms with Crippen molar-refractivity contribution in [3.05, 3.63) is 89.3 Å². The van der Waals surface area contributed by atoms with Crippen molar-refractivity contribution in [3.8, 4) is 17.2 Å². The molecule has 0 aliphatic carbocycles. The molecular formula is C25H24N4O3. The molecule has 2 N–H and O–H groups in total. The average Bonchev–Trinajstić information content (AvgIpc) is 3.24. The van der Waals surface area contributed by atoms with Gasteiger partial charge in [0.15, 0.2) is 0 Å². The topological polar surface area (TPSA) is 89.3 Å². The third-order valence-corrected chi connectivity index (χ3v) is 4.94. The molecule has 0 aliphatic rings. The van der Waals surface area contributed by atoms with Crippen LogP contribution in [0.4, 0.5) is 16.2 Å². The Morgan fingerprint density at radius 1 is 0.906 bits per heavy atom. The van der Waals surface area contributed by atoms with Gasteiger partial charge in [0.1, 0.15) is 5.75 Å². The fraction of sp³-hybridized carbons (Fsp3) is 0.160. The van der Waals surface area contributed by atoms with E-state index in [1.54, 1.807) is 19.2 Å². The number of anilines is 2. The molecular weight excluding hydrogens is 404 g/mol. The minimum absolute atomic E-state index is 0.361. The van der Waals surface area contributed by atoms with Crippen LogP contribution in [0, 0.1) is 13.8 Å². The lowest BCUT2D eigenvalue weighted by Gasteiger charge is -2.12. The summed E-state index contributed by atoms with van der Waals surface area (Å²) >= 11 is 0.